The standard InChI is InChI=1S/C14H17NO4/c1-8-4-2-6-10(12(8)16)13(17)15-11-7-3-5-9(11)14(18)19/h2,4,6,9,11,16H,3,5,7H2,1H3,(H,15,17)(H,18,19). The average Bonchev–Trinajstić information content (AvgIpc) is 2.80. The van der Waals surface area contributed by atoms with Crippen molar-refractivity contribution in [3.05, 3.63) is 29.3 Å². The van der Waals surface area contributed by atoms with Gasteiger partial charge in [-0.15, -0.1) is 0 Å². The van der Waals surface area contributed by atoms with Crippen LogP contribution in [0.25, 0.3) is 0 Å². The zero-order valence-corrected chi connectivity index (χ0v) is 10.7. The van der Waals surface area contributed by atoms with Crippen LogP contribution in [-0.2, 0) is 4.79 Å². The van der Waals surface area contributed by atoms with E-state index in [-0.39, 0.29) is 17.4 Å². The second-order valence-corrected chi connectivity index (χ2v) is 4.93. The van der Waals surface area contributed by atoms with Gasteiger partial charge in [0.05, 0.1) is 11.5 Å². The minimum Gasteiger partial charge on any atom is -0.507 e. The molecule has 2 rings (SSSR count). The van der Waals surface area contributed by atoms with Crippen LogP contribution in [0.3, 0.4) is 0 Å². The molecule has 0 saturated heterocycles. The lowest BCUT2D eigenvalue weighted by Gasteiger charge is -2.18. The van der Waals surface area contributed by atoms with E-state index in [0.29, 0.717) is 18.4 Å². The number of rotatable bonds is 3. The topological polar surface area (TPSA) is 86.6 Å². The van der Waals surface area contributed by atoms with Crippen LogP contribution in [0.2, 0.25) is 0 Å². The highest BCUT2D eigenvalue weighted by Crippen LogP contribution is 2.27. The molecule has 0 bridgehead atoms. The van der Waals surface area contributed by atoms with E-state index in [9.17, 15) is 14.7 Å². The van der Waals surface area contributed by atoms with Gasteiger partial charge in [-0.3, -0.25) is 9.59 Å². The van der Waals surface area contributed by atoms with Gasteiger partial charge in [-0.05, 0) is 31.4 Å². The Bertz CT molecular complexity index is 512. The molecule has 2 unspecified atom stereocenters. The van der Waals surface area contributed by atoms with Crippen LogP contribution in [0.4, 0.5) is 0 Å². The number of hydrogen-bond donors (Lipinski definition) is 3. The van der Waals surface area contributed by atoms with E-state index in [0.717, 1.165) is 6.42 Å². The Morgan fingerprint density at radius 2 is 2.05 bits per heavy atom. The van der Waals surface area contributed by atoms with Gasteiger partial charge in [0.25, 0.3) is 5.91 Å². The molecule has 5 nitrogen and oxygen atoms in total. The second-order valence-electron chi connectivity index (χ2n) is 4.93. The van der Waals surface area contributed by atoms with E-state index < -0.39 is 17.8 Å². The molecule has 1 saturated carbocycles. The first-order valence-corrected chi connectivity index (χ1v) is 6.33. The fraction of sp³-hybridized carbons (Fsp3) is 0.429. The normalized spacial score (nSPS) is 22.2. The first-order chi connectivity index (χ1) is 9.00. The molecule has 0 aromatic heterocycles. The summed E-state index contributed by atoms with van der Waals surface area (Å²) in [6.45, 7) is 1.71. The largest absolute Gasteiger partial charge is 0.507 e. The summed E-state index contributed by atoms with van der Waals surface area (Å²) in [6, 6.07) is 4.57. The molecule has 1 aromatic carbocycles. The number of nitrogens with one attached hydrogen (secondary N) is 1. The Balaban J connectivity index is 2.13. The van der Waals surface area contributed by atoms with Gasteiger partial charge < -0.3 is 15.5 Å². The van der Waals surface area contributed by atoms with Crippen LogP contribution in [0.15, 0.2) is 18.2 Å². The molecule has 0 radical (unpaired) electrons. The minimum absolute atomic E-state index is 0.0510. The molecule has 102 valence electrons. The predicted octanol–water partition coefficient (Wildman–Crippen LogP) is 1.68. The van der Waals surface area contributed by atoms with Gasteiger partial charge in [0, 0.05) is 6.04 Å². The van der Waals surface area contributed by atoms with Crippen LogP contribution in [0, 0.1) is 12.8 Å². The zero-order valence-electron chi connectivity index (χ0n) is 10.7. The van der Waals surface area contributed by atoms with Crippen molar-refractivity contribution in [2.45, 2.75) is 32.2 Å². The molecular weight excluding hydrogens is 246 g/mol. The maximum atomic E-state index is 12.1. The molecule has 1 aliphatic rings. The van der Waals surface area contributed by atoms with Gasteiger partial charge in [-0.1, -0.05) is 18.6 Å². The summed E-state index contributed by atoms with van der Waals surface area (Å²) >= 11 is 0. The number of phenolic OH excluding ortho intramolecular Hbond substituents is 1. The molecule has 1 fully saturated rings. The molecule has 0 heterocycles. The van der Waals surface area contributed by atoms with Gasteiger partial charge >= 0.3 is 5.97 Å². The summed E-state index contributed by atoms with van der Waals surface area (Å²) < 4.78 is 0. The van der Waals surface area contributed by atoms with E-state index >= 15 is 0 Å². The number of phenols is 1. The number of aromatic hydroxyl groups is 1. The lowest BCUT2D eigenvalue weighted by Crippen LogP contribution is -2.40. The molecule has 1 aromatic rings. The SMILES string of the molecule is Cc1cccc(C(=O)NC2CCCC2C(=O)O)c1O. The first-order valence-electron chi connectivity index (χ1n) is 6.33. The van der Waals surface area contributed by atoms with Gasteiger partial charge in [-0.25, -0.2) is 0 Å². The summed E-state index contributed by atoms with van der Waals surface area (Å²) in [5, 5.41) is 21.6. The third-order valence-electron chi connectivity index (χ3n) is 3.63. The van der Waals surface area contributed by atoms with Crippen molar-refractivity contribution in [2.75, 3.05) is 0 Å². The van der Waals surface area contributed by atoms with Crippen molar-refractivity contribution in [3.63, 3.8) is 0 Å². The van der Waals surface area contributed by atoms with E-state index in [4.69, 9.17) is 5.11 Å². The molecule has 5 heteroatoms. The minimum atomic E-state index is -0.878. The molecule has 2 atom stereocenters. The van der Waals surface area contributed by atoms with Crippen molar-refractivity contribution in [3.8, 4) is 5.75 Å². The molecule has 3 N–H and O–H groups in total. The molecule has 19 heavy (non-hydrogen) atoms. The number of hydrogen-bond acceptors (Lipinski definition) is 3. The highest BCUT2D eigenvalue weighted by Gasteiger charge is 2.34. The number of amides is 1. The fourth-order valence-corrected chi connectivity index (χ4v) is 2.52. The quantitative estimate of drug-likeness (QED) is 0.774. The van der Waals surface area contributed by atoms with Crippen molar-refractivity contribution in [1.29, 1.82) is 0 Å². The van der Waals surface area contributed by atoms with Crippen LogP contribution in [-0.4, -0.2) is 28.1 Å². The summed E-state index contributed by atoms with van der Waals surface area (Å²) in [4.78, 5) is 23.1. The molecule has 0 aliphatic heterocycles. The monoisotopic (exact) mass is 263 g/mol. The summed E-state index contributed by atoms with van der Waals surface area (Å²) in [5.74, 6) is -1.88. The summed E-state index contributed by atoms with van der Waals surface area (Å²) in [7, 11) is 0. The molecule has 1 aliphatic carbocycles. The summed E-state index contributed by atoms with van der Waals surface area (Å²) in [5.41, 5.74) is 0.810. The maximum Gasteiger partial charge on any atom is 0.308 e. The van der Waals surface area contributed by atoms with E-state index in [2.05, 4.69) is 5.32 Å². The zero-order chi connectivity index (χ0) is 14.0. The van der Waals surface area contributed by atoms with Crippen LogP contribution >= 0.6 is 0 Å². The smallest absolute Gasteiger partial charge is 0.308 e. The fourth-order valence-electron chi connectivity index (χ4n) is 2.52. The lowest BCUT2D eigenvalue weighted by atomic mass is 10.0. The highest BCUT2D eigenvalue weighted by molar-refractivity contribution is 5.97. The number of carboxylic acid groups (broad SMARTS) is 1. The van der Waals surface area contributed by atoms with E-state index in [1.54, 1.807) is 19.1 Å². The summed E-state index contributed by atoms with van der Waals surface area (Å²) in [6.07, 6.45) is 2.04. The number of carbonyl (C=O) groups is 2. The van der Waals surface area contributed by atoms with Gasteiger partial charge in [0.1, 0.15) is 5.75 Å². The van der Waals surface area contributed by atoms with Crippen LogP contribution < -0.4 is 5.32 Å². The third-order valence-corrected chi connectivity index (χ3v) is 3.63. The number of benzene rings is 1. The Labute approximate surface area is 111 Å². The predicted molar refractivity (Wildman–Crippen MR) is 69.1 cm³/mol. The van der Waals surface area contributed by atoms with Crippen molar-refractivity contribution in [1.82, 2.24) is 5.32 Å². The van der Waals surface area contributed by atoms with Crippen molar-refractivity contribution >= 4 is 11.9 Å². The van der Waals surface area contributed by atoms with E-state index in [1.165, 1.54) is 6.07 Å². The number of para-hydroxylation sites is 1. The van der Waals surface area contributed by atoms with Gasteiger partial charge in [-0.2, -0.15) is 0 Å². The van der Waals surface area contributed by atoms with Crippen LogP contribution in [0.5, 0.6) is 5.75 Å². The maximum absolute atomic E-state index is 12.1. The Morgan fingerprint density at radius 1 is 1.32 bits per heavy atom. The Hall–Kier alpha value is -2.04. The number of aryl methyl sites for hydroxylation is 1. The lowest BCUT2D eigenvalue weighted by molar-refractivity contribution is -0.142. The highest BCUT2D eigenvalue weighted by atomic mass is 16.4. The Morgan fingerprint density at radius 3 is 2.74 bits per heavy atom. The molecular formula is C14H17NO4. The first kappa shape index (κ1) is 13.4. The van der Waals surface area contributed by atoms with Crippen LogP contribution in [0.1, 0.15) is 35.2 Å². The van der Waals surface area contributed by atoms with Crippen molar-refractivity contribution in [2.24, 2.45) is 5.92 Å². The molecule has 1 amide bonds. The number of aliphatic carboxylic acids is 1. The van der Waals surface area contributed by atoms with Gasteiger partial charge in [0.2, 0.25) is 0 Å². The number of carbonyl (C=O) groups excluding carboxylic acids is 1. The average molecular weight is 263 g/mol. The molecule has 0 spiro atoms. The number of carboxylic acids is 1. The van der Waals surface area contributed by atoms with Crippen molar-refractivity contribution < 1.29 is 19.8 Å². The Kier molecular flexibility index (Phi) is 3.74. The third kappa shape index (κ3) is 2.70. The van der Waals surface area contributed by atoms with Gasteiger partial charge in [0.15, 0.2) is 0 Å². The van der Waals surface area contributed by atoms with E-state index in [1.807, 2.05) is 0 Å². The second kappa shape index (κ2) is 5.30.